The number of rotatable bonds is 5. The molecule has 1 amide bonds. The second-order valence-electron chi connectivity index (χ2n) is 4.99. The van der Waals surface area contributed by atoms with Crippen molar-refractivity contribution in [3.8, 4) is 5.75 Å². The molecule has 0 aliphatic carbocycles. The average molecular weight is 279 g/mol. The number of likely N-dealkylation sites (tertiary alicyclic amines) is 1. The fraction of sp³-hybridized carbons (Fsp3) is 0.167. The molecular weight excluding hydrogens is 262 g/mol. The third kappa shape index (κ3) is 2.55. The van der Waals surface area contributed by atoms with Crippen LogP contribution in [0, 0.1) is 0 Å². The first-order chi connectivity index (χ1) is 10.3. The predicted molar refractivity (Wildman–Crippen MR) is 82.0 cm³/mol. The minimum atomic E-state index is -0.463. The summed E-state index contributed by atoms with van der Waals surface area (Å²) in [5, 5.41) is 0. The van der Waals surface area contributed by atoms with Crippen LogP contribution in [0.1, 0.15) is 11.6 Å². The van der Waals surface area contributed by atoms with Gasteiger partial charge in [0, 0.05) is 6.54 Å². The van der Waals surface area contributed by atoms with Crippen molar-refractivity contribution in [3.05, 3.63) is 78.9 Å². The van der Waals surface area contributed by atoms with E-state index < -0.39 is 6.10 Å². The van der Waals surface area contributed by atoms with Gasteiger partial charge in [-0.05, 0) is 17.7 Å². The van der Waals surface area contributed by atoms with E-state index in [2.05, 4.69) is 6.58 Å². The van der Waals surface area contributed by atoms with Crippen molar-refractivity contribution in [2.45, 2.75) is 12.1 Å². The third-order valence-electron chi connectivity index (χ3n) is 3.62. The third-order valence-corrected chi connectivity index (χ3v) is 3.62. The molecule has 1 aliphatic heterocycles. The van der Waals surface area contributed by atoms with Crippen molar-refractivity contribution >= 4 is 5.91 Å². The van der Waals surface area contributed by atoms with Gasteiger partial charge in [-0.1, -0.05) is 54.6 Å². The Balaban J connectivity index is 1.85. The standard InChI is InChI=1S/C18H17NO2/c1-2-13-19-16(14-9-5-3-6-10-14)17(18(19)20)21-15-11-7-4-8-12-15/h2-12,16-17H,1,13H2/t16-,17+/m1/s1. The molecule has 0 radical (unpaired) electrons. The van der Waals surface area contributed by atoms with Gasteiger partial charge in [-0.2, -0.15) is 0 Å². The SMILES string of the molecule is C=CCN1C(=O)[C@@H](Oc2ccccc2)[C@H]1c1ccccc1. The highest BCUT2D eigenvalue weighted by molar-refractivity contribution is 5.89. The van der Waals surface area contributed by atoms with Crippen LogP contribution in [0.4, 0.5) is 0 Å². The summed E-state index contributed by atoms with van der Waals surface area (Å²) < 4.78 is 5.88. The molecule has 21 heavy (non-hydrogen) atoms. The van der Waals surface area contributed by atoms with Crippen molar-refractivity contribution in [2.24, 2.45) is 0 Å². The number of ether oxygens (including phenoxy) is 1. The zero-order valence-electron chi connectivity index (χ0n) is 11.7. The van der Waals surface area contributed by atoms with Gasteiger partial charge in [-0.15, -0.1) is 6.58 Å². The number of amides is 1. The lowest BCUT2D eigenvalue weighted by molar-refractivity contribution is -0.162. The summed E-state index contributed by atoms with van der Waals surface area (Å²) in [4.78, 5) is 14.1. The molecular formula is C18H17NO2. The molecule has 1 heterocycles. The summed E-state index contributed by atoms with van der Waals surface area (Å²) in [7, 11) is 0. The van der Waals surface area contributed by atoms with Crippen molar-refractivity contribution in [1.29, 1.82) is 0 Å². The molecule has 1 fully saturated rings. The van der Waals surface area contributed by atoms with Gasteiger partial charge in [0.1, 0.15) is 11.8 Å². The van der Waals surface area contributed by atoms with E-state index in [9.17, 15) is 4.79 Å². The largest absolute Gasteiger partial charge is 0.478 e. The topological polar surface area (TPSA) is 29.5 Å². The highest BCUT2D eigenvalue weighted by Crippen LogP contribution is 2.37. The molecule has 0 spiro atoms. The van der Waals surface area contributed by atoms with Crippen LogP contribution in [0.25, 0.3) is 0 Å². The highest BCUT2D eigenvalue weighted by atomic mass is 16.5. The lowest BCUT2D eigenvalue weighted by Crippen LogP contribution is -2.61. The number of carbonyl (C=O) groups excluding carboxylic acids is 1. The van der Waals surface area contributed by atoms with Crippen LogP contribution in [-0.2, 0) is 4.79 Å². The second kappa shape index (κ2) is 5.83. The highest BCUT2D eigenvalue weighted by Gasteiger charge is 2.49. The first-order valence-electron chi connectivity index (χ1n) is 6.99. The summed E-state index contributed by atoms with van der Waals surface area (Å²) in [6.45, 7) is 4.25. The fourth-order valence-corrected chi connectivity index (χ4v) is 2.62. The number of nitrogens with zero attached hydrogens (tertiary/aromatic N) is 1. The summed E-state index contributed by atoms with van der Waals surface area (Å²) in [6.07, 6.45) is 1.28. The van der Waals surface area contributed by atoms with E-state index in [0.29, 0.717) is 6.54 Å². The van der Waals surface area contributed by atoms with Crippen LogP contribution in [0.5, 0.6) is 5.75 Å². The number of para-hydroxylation sites is 1. The summed E-state index contributed by atoms with van der Waals surface area (Å²) >= 11 is 0. The van der Waals surface area contributed by atoms with E-state index >= 15 is 0 Å². The Morgan fingerprint density at radius 1 is 1.05 bits per heavy atom. The Morgan fingerprint density at radius 2 is 1.67 bits per heavy atom. The number of carbonyl (C=O) groups is 1. The van der Waals surface area contributed by atoms with Crippen LogP contribution in [0.15, 0.2) is 73.3 Å². The molecule has 2 atom stereocenters. The van der Waals surface area contributed by atoms with E-state index in [1.54, 1.807) is 11.0 Å². The fourth-order valence-electron chi connectivity index (χ4n) is 2.62. The zero-order chi connectivity index (χ0) is 14.7. The Hall–Kier alpha value is -2.55. The number of benzene rings is 2. The van der Waals surface area contributed by atoms with Crippen LogP contribution in [0.2, 0.25) is 0 Å². The van der Waals surface area contributed by atoms with Crippen molar-refractivity contribution in [1.82, 2.24) is 4.90 Å². The predicted octanol–water partition coefficient (Wildman–Crippen LogP) is 3.20. The molecule has 3 nitrogen and oxygen atoms in total. The van der Waals surface area contributed by atoms with Crippen molar-refractivity contribution in [3.63, 3.8) is 0 Å². The smallest absolute Gasteiger partial charge is 0.267 e. The van der Waals surface area contributed by atoms with Gasteiger partial charge in [-0.3, -0.25) is 4.79 Å². The Bertz CT molecular complexity index is 624. The van der Waals surface area contributed by atoms with Gasteiger partial charge in [-0.25, -0.2) is 0 Å². The summed E-state index contributed by atoms with van der Waals surface area (Å²) in [5.41, 5.74) is 1.08. The molecule has 0 saturated carbocycles. The summed E-state index contributed by atoms with van der Waals surface area (Å²) in [5.74, 6) is 0.725. The molecule has 2 aromatic rings. The maximum absolute atomic E-state index is 12.3. The van der Waals surface area contributed by atoms with Crippen molar-refractivity contribution in [2.75, 3.05) is 6.54 Å². The minimum absolute atomic E-state index is 0.00704. The minimum Gasteiger partial charge on any atom is -0.478 e. The molecule has 3 rings (SSSR count). The molecule has 106 valence electrons. The quantitative estimate of drug-likeness (QED) is 0.621. The number of hydrogen-bond acceptors (Lipinski definition) is 2. The molecule has 1 aliphatic rings. The zero-order valence-corrected chi connectivity index (χ0v) is 11.7. The van der Waals surface area contributed by atoms with Crippen LogP contribution >= 0.6 is 0 Å². The van der Waals surface area contributed by atoms with E-state index in [0.717, 1.165) is 11.3 Å². The van der Waals surface area contributed by atoms with E-state index in [4.69, 9.17) is 4.74 Å². The lowest BCUT2D eigenvalue weighted by Gasteiger charge is -2.46. The van der Waals surface area contributed by atoms with E-state index in [1.165, 1.54) is 0 Å². The van der Waals surface area contributed by atoms with Gasteiger partial charge in [0.15, 0.2) is 0 Å². The maximum atomic E-state index is 12.3. The van der Waals surface area contributed by atoms with Crippen LogP contribution < -0.4 is 4.74 Å². The molecule has 0 N–H and O–H groups in total. The van der Waals surface area contributed by atoms with Gasteiger partial charge < -0.3 is 9.64 Å². The Morgan fingerprint density at radius 3 is 2.29 bits per heavy atom. The monoisotopic (exact) mass is 279 g/mol. The summed E-state index contributed by atoms with van der Waals surface area (Å²) in [6, 6.07) is 19.4. The second-order valence-corrected chi connectivity index (χ2v) is 4.99. The molecule has 0 aromatic heterocycles. The lowest BCUT2D eigenvalue weighted by atomic mass is 9.90. The Labute approximate surface area is 124 Å². The molecule has 0 unspecified atom stereocenters. The Kier molecular flexibility index (Phi) is 3.73. The molecule has 2 aromatic carbocycles. The maximum Gasteiger partial charge on any atom is 0.267 e. The average Bonchev–Trinajstić information content (AvgIpc) is 2.55. The normalized spacial score (nSPS) is 20.8. The van der Waals surface area contributed by atoms with Crippen LogP contribution in [0.3, 0.4) is 0 Å². The van der Waals surface area contributed by atoms with Gasteiger partial charge in [0.2, 0.25) is 6.10 Å². The first kappa shape index (κ1) is 13.4. The number of β-lactam (4-membered cyclic amide) rings is 1. The van der Waals surface area contributed by atoms with Crippen molar-refractivity contribution < 1.29 is 9.53 Å². The molecule has 0 bridgehead atoms. The molecule has 1 saturated heterocycles. The van der Waals surface area contributed by atoms with Gasteiger partial charge >= 0.3 is 0 Å². The first-order valence-corrected chi connectivity index (χ1v) is 6.99. The van der Waals surface area contributed by atoms with Gasteiger partial charge in [0.05, 0.1) is 0 Å². The van der Waals surface area contributed by atoms with Gasteiger partial charge in [0.25, 0.3) is 5.91 Å². The van der Waals surface area contributed by atoms with Crippen LogP contribution in [-0.4, -0.2) is 23.5 Å². The van der Waals surface area contributed by atoms with E-state index in [-0.39, 0.29) is 11.9 Å². The number of hydrogen-bond donors (Lipinski definition) is 0. The van der Waals surface area contributed by atoms with E-state index in [1.807, 2.05) is 60.7 Å². The molecule has 3 heteroatoms.